The number of nitriles is 1. The van der Waals surface area contributed by atoms with Gasteiger partial charge in [-0.05, 0) is 72.6 Å². The van der Waals surface area contributed by atoms with Gasteiger partial charge in [0.05, 0.1) is 29.0 Å². The molecule has 1 aromatic heterocycles. The van der Waals surface area contributed by atoms with Gasteiger partial charge in [-0.3, -0.25) is 4.79 Å². The van der Waals surface area contributed by atoms with Crippen LogP contribution in [0.2, 0.25) is 0 Å². The summed E-state index contributed by atoms with van der Waals surface area (Å²) in [5.74, 6) is 0.998. The molecule has 5 rings (SSSR count). The fraction of sp³-hybridized carbons (Fsp3) is 0.318. The number of rotatable bonds is 1. The van der Waals surface area contributed by atoms with Crippen molar-refractivity contribution >= 4 is 16.9 Å². The molecule has 2 aliphatic rings. The number of carbonyl (C=O) groups is 1. The zero-order valence-corrected chi connectivity index (χ0v) is 15.0. The topological polar surface area (TPSA) is 72.8 Å². The molecule has 5 nitrogen and oxygen atoms in total. The third-order valence-electron chi connectivity index (χ3n) is 6.08. The molecule has 0 saturated carbocycles. The van der Waals surface area contributed by atoms with Crippen LogP contribution in [0.1, 0.15) is 45.8 Å². The molecule has 2 atom stereocenters. The number of aromatic amines is 1. The van der Waals surface area contributed by atoms with Crippen LogP contribution < -0.4 is 0 Å². The zero-order chi connectivity index (χ0) is 18.4. The molecule has 0 spiro atoms. The molecule has 1 aliphatic heterocycles. The maximum Gasteiger partial charge on any atom is 0.253 e. The number of aromatic nitrogens is 2. The number of imidazole rings is 1. The number of amides is 1. The van der Waals surface area contributed by atoms with E-state index < -0.39 is 0 Å². The summed E-state index contributed by atoms with van der Waals surface area (Å²) in [6, 6.07) is 14.0. The Balaban J connectivity index is 1.40. The van der Waals surface area contributed by atoms with Crippen molar-refractivity contribution in [3.05, 3.63) is 65.0 Å². The predicted molar refractivity (Wildman–Crippen MR) is 102 cm³/mol. The van der Waals surface area contributed by atoms with E-state index in [2.05, 4.69) is 28.2 Å². The van der Waals surface area contributed by atoms with E-state index in [1.807, 2.05) is 29.2 Å². The maximum absolute atomic E-state index is 13.1. The van der Waals surface area contributed by atoms with Gasteiger partial charge in [-0.1, -0.05) is 6.07 Å². The lowest BCUT2D eigenvalue weighted by Crippen LogP contribution is -2.35. The maximum atomic E-state index is 13.1. The van der Waals surface area contributed by atoms with Gasteiger partial charge in [-0.2, -0.15) is 5.26 Å². The Labute approximate surface area is 157 Å². The van der Waals surface area contributed by atoms with E-state index in [1.165, 1.54) is 11.1 Å². The first-order valence-electron chi connectivity index (χ1n) is 9.48. The van der Waals surface area contributed by atoms with Crippen LogP contribution in [0.15, 0.2) is 42.7 Å². The highest BCUT2D eigenvalue weighted by Gasteiger charge is 2.36. The van der Waals surface area contributed by atoms with Crippen molar-refractivity contribution in [2.24, 2.45) is 5.92 Å². The number of nitrogens with one attached hydrogen (secondary N) is 1. The van der Waals surface area contributed by atoms with Gasteiger partial charge in [-0.25, -0.2) is 4.98 Å². The molecule has 1 N–H and O–H groups in total. The van der Waals surface area contributed by atoms with Gasteiger partial charge in [0.15, 0.2) is 0 Å². The molecule has 2 unspecified atom stereocenters. The van der Waals surface area contributed by atoms with Gasteiger partial charge < -0.3 is 9.88 Å². The van der Waals surface area contributed by atoms with E-state index in [0.29, 0.717) is 17.4 Å². The second-order valence-corrected chi connectivity index (χ2v) is 7.62. The molecular weight excluding hydrogens is 336 g/mol. The van der Waals surface area contributed by atoms with E-state index >= 15 is 0 Å². The SMILES string of the molecule is N#Cc1ccc2c(c1)C1CCCN(C(=O)c3ccc4nc[nH]c4c3)CC1C2. The van der Waals surface area contributed by atoms with Crippen molar-refractivity contribution in [1.29, 1.82) is 5.26 Å². The number of fused-ring (bicyclic) bond motifs is 4. The van der Waals surface area contributed by atoms with Crippen molar-refractivity contribution in [3.63, 3.8) is 0 Å². The lowest BCUT2D eigenvalue weighted by atomic mass is 9.89. The highest BCUT2D eigenvalue weighted by Crippen LogP contribution is 2.43. The first-order valence-corrected chi connectivity index (χ1v) is 9.48. The number of H-pyrrole nitrogens is 1. The number of likely N-dealkylation sites (tertiary alicyclic amines) is 1. The third-order valence-corrected chi connectivity index (χ3v) is 6.08. The largest absolute Gasteiger partial charge is 0.345 e. The first-order chi connectivity index (χ1) is 13.2. The van der Waals surface area contributed by atoms with Crippen LogP contribution in [0.3, 0.4) is 0 Å². The standard InChI is InChI=1S/C22H20N4O/c23-11-14-3-4-15-9-17-12-26(7-1-2-18(17)19(15)8-14)22(27)16-5-6-20-21(10-16)25-13-24-20/h3-6,8,10,13,17-18H,1-2,7,9,12H2,(H,24,25). The lowest BCUT2D eigenvalue weighted by Gasteiger charge is -2.24. The average Bonchev–Trinajstić information content (AvgIpc) is 3.24. The highest BCUT2D eigenvalue weighted by atomic mass is 16.2. The minimum absolute atomic E-state index is 0.0980. The van der Waals surface area contributed by atoms with Crippen molar-refractivity contribution in [2.45, 2.75) is 25.2 Å². The molecule has 1 aliphatic carbocycles. The summed E-state index contributed by atoms with van der Waals surface area (Å²) < 4.78 is 0. The van der Waals surface area contributed by atoms with Gasteiger partial charge in [0.2, 0.25) is 0 Å². The molecule has 3 aromatic rings. The summed E-state index contributed by atoms with van der Waals surface area (Å²) in [5, 5.41) is 9.21. The van der Waals surface area contributed by atoms with E-state index in [-0.39, 0.29) is 5.91 Å². The normalized spacial score (nSPS) is 21.4. The molecule has 134 valence electrons. The Morgan fingerprint density at radius 2 is 2.19 bits per heavy atom. The van der Waals surface area contributed by atoms with Crippen LogP contribution in [0.25, 0.3) is 11.0 Å². The van der Waals surface area contributed by atoms with Crippen LogP contribution in [-0.2, 0) is 6.42 Å². The number of carbonyl (C=O) groups excluding carboxylic acids is 1. The average molecular weight is 356 g/mol. The van der Waals surface area contributed by atoms with Gasteiger partial charge in [-0.15, -0.1) is 0 Å². The monoisotopic (exact) mass is 356 g/mol. The Bertz CT molecular complexity index is 1080. The smallest absolute Gasteiger partial charge is 0.253 e. The van der Waals surface area contributed by atoms with Crippen LogP contribution in [0.5, 0.6) is 0 Å². The Morgan fingerprint density at radius 1 is 1.26 bits per heavy atom. The molecule has 0 radical (unpaired) electrons. The fourth-order valence-corrected chi connectivity index (χ4v) is 4.77. The second kappa shape index (κ2) is 6.24. The molecule has 1 saturated heterocycles. The summed E-state index contributed by atoms with van der Waals surface area (Å²) in [6.45, 7) is 1.57. The van der Waals surface area contributed by atoms with Gasteiger partial charge in [0.25, 0.3) is 5.91 Å². The third kappa shape index (κ3) is 2.69. The van der Waals surface area contributed by atoms with E-state index in [0.717, 1.165) is 48.9 Å². The Kier molecular flexibility index (Phi) is 3.71. The molecule has 1 amide bonds. The number of nitrogens with zero attached hydrogens (tertiary/aromatic N) is 3. The van der Waals surface area contributed by atoms with Crippen LogP contribution in [0.4, 0.5) is 0 Å². The van der Waals surface area contributed by atoms with Gasteiger partial charge >= 0.3 is 0 Å². The van der Waals surface area contributed by atoms with Gasteiger partial charge in [0, 0.05) is 18.7 Å². The van der Waals surface area contributed by atoms with Gasteiger partial charge in [0.1, 0.15) is 0 Å². The molecule has 5 heteroatoms. The molecule has 2 aromatic carbocycles. The van der Waals surface area contributed by atoms with E-state index in [4.69, 9.17) is 0 Å². The molecular formula is C22H20N4O. The van der Waals surface area contributed by atoms with Crippen molar-refractivity contribution in [1.82, 2.24) is 14.9 Å². The first kappa shape index (κ1) is 16.1. The number of benzene rings is 2. The summed E-state index contributed by atoms with van der Waals surface area (Å²) in [7, 11) is 0. The summed E-state index contributed by atoms with van der Waals surface area (Å²) in [4.78, 5) is 22.4. The summed E-state index contributed by atoms with van der Waals surface area (Å²) in [5.41, 5.74) is 5.89. The van der Waals surface area contributed by atoms with Crippen molar-refractivity contribution < 1.29 is 4.79 Å². The Hall–Kier alpha value is -3.13. The van der Waals surface area contributed by atoms with Crippen LogP contribution >= 0.6 is 0 Å². The summed E-state index contributed by atoms with van der Waals surface area (Å²) >= 11 is 0. The highest BCUT2D eigenvalue weighted by molar-refractivity contribution is 5.97. The second-order valence-electron chi connectivity index (χ2n) is 7.62. The zero-order valence-electron chi connectivity index (χ0n) is 15.0. The van der Waals surface area contributed by atoms with E-state index in [9.17, 15) is 10.1 Å². The minimum Gasteiger partial charge on any atom is -0.345 e. The van der Waals surface area contributed by atoms with Crippen molar-refractivity contribution in [3.8, 4) is 6.07 Å². The summed E-state index contributed by atoms with van der Waals surface area (Å²) in [6.07, 6.45) is 4.72. The quantitative estimate of drug-likeness (QED) is 0.724. The molecule has 0 bridgehead atoms. The molecule has 27 heavy (non-hydrogen) atoms. The van der Waals surface area contributed by atoms with Crippen LogP contribution in [-0.4, -0.2) is 33.9 Å². The molecule has 2 heterocycles. The fourth-order valence-electron chi connectivity index (χ4n) is 4.77. The van der Waals surface area contributed by atoms with E-state index in [1.54, 1.807) is 6.33 Å². The molecule has 1 fully saturated rings. The predicted octanol–water partition coefficient (Wildman–Crippen LogP) is 3.63. The lowest BCUT2D eigenvalue weighted by molar-refractivity contribution is 0.0741. The number of hydrogen-bond donors (Lipinski definition) is 1. The van der Waals surface area contributed by atoms with Crippen molar-refractivity contribution in [2.75, 3.05) is 13.1 Å². The van der Waals surface area contributed by atoms with Crippen LogP contribution in [0, 0.1) is 17.2 Å². The number of hydrogen-bond acceptors (Lipinski definition) is 3. The Morgan fingerprint density at radius 3 is 3.07 bits per heavy atom. The minimum atomic E-state index is 0.0980.